The standard InChI is InChI=1S/C12H10N4OS/c13-3-1-2-11-4-9(7-18-11)12(17)16-10-5-14-8-15-6-10/h4-8H,3,13H2,(H,16,17). The molecule has 0 radical (unpaired) electrons. The first-order valence-electron chi connectivity index (χ1n) is 5.13. The molecule has 0 fully saturated rings. The Morgan fingerprint density at radius 1 is 1.44 bits per heavy atom. The van der Waals surface area contributed by atoms with Gasteiger partial charge in [0.2, 0.25) is 0 Å². The van der Waals surface area contributed by atoms with Gasteiger partial charge in [0.05, 0.1) is 35.1 Å². The average Bonchev–Trinajstić information content (AvgIpc) is 2.86. The number of hydrogen-bond acceptors (Lipinski definition) is 5. The fourth-order valence-electron chi connectivity index (χ4n) is 1.23. The Hall–Kier alpha value is -2.23. The molecule has 90 valence electrons. The zero-order valence-electron chi connectivity index (χ0n) is 9.38. The quantitative estimate of drug-likeness (QED) is 0.790. The summed E-state index contributed by atoms with van der Waals surface area (Å²) < 4.78 is 0. The smallest absolute Gasteiger partial charge is 0.256 e. The van der Waals surface area contributed by atoms with Gasteiger partial charge in [0.25, 0.3) is 5.91 Å². The number of carbonyl (C=O) groups excluding carboxylic acids is 1. The van der Waals surface area contributed by atoms with Gasteiger partial charge in [-0.3, -0.25) is 4.79 Å². The summed E-state index contributed by atoms with van der Waals surface area (Å²) in [6, 6.07) is 1.73. The van der Waals surface area contributed by atoms with Crippen molar-refractivity contribution in [3.8, 4) is 11.8 Å². The van der Waals surface area contributed by atoms with Crippen molar-refractivity contribution < 1.29 is 4.79 Å². The van der Waals surface area contributed by atoms with Gasteiger partial charge >= 0.3 is 0 Å². The molecule has 5 nitrogen and oxygen atoms in total. The maximum absolute atomic E-state index is 11.9. The Balaban J connectivity index is 2.08. The summed E-state index contributed by atoms with van der Waals surface area (Å²) in [5.41, 5.74) is 6.40. The van der Waals surface area contributed by atoms with E-state index < -0.39 is 0 Å². The molecule has 1 amide bonds. The van der Waals surface area contributed by atoms with E-state index in [1.54, 1.807) is 11.4 Å². The third-order valence-corrected chi connectivity index (χ3v) is 2.84. The molecule has 0 spiro atoms. The van der Waals surface area contributed by atoms with Gasteiger partial charge in [-0.2, -0.15) is 0 Å². The number of nitrogens with one attached hydrogen (secondary N) is 1. The number of hydrogen-bond donors (Lipinski definition) is 2. The molecular formula is C12H10N4OS. The molecule has 0 aliphatic heterocycles. The summed E-state index contributed by atoms with van der Waals surface area (Å²) in [6.07, 6.45) is 4.47. The van der Waals surface area contributed by atoms with Gasteiger partial charge in [-0.1, -0.05) is 11.8 Å². The fourth-order valence-corrected chi connectivity index (χ4v) is 1.98. The molecule has 0 aliphatic carbocycles. The predicted octanol–water partition coefficient (Wildman–Crippen LogP) is 1.10. The van der Waals surface area contributed by atoms with E-state index in [1.807, 2.05) is 0 Å². The van der Waals surface area contributed by atoms with Crippen LogP contribution in [0.2, 0.25) is 0 Å². The van der Waals surface area contributed by atoms with Crippen LogP contribution in [0.5, 0.6) is 0 Å². The Morgan fingerprint density at radius 3 is 2.94 bits per heavy atom. The molecule has 18 heavy (non-hydrogen) atoms. The van der Waals surface area contributed by atoms with Gasteiger partial charge in [0, 0.05) is 5.38 Å². The van der Waals surface area contributed by atoms with Crippen molar-refractivity contribution in [1.82, 2.24) is 9.97 Å². The van der Waals surface area contributed by atoms with E-state index in [0.29, 0.717) is 17.8 Å². The summed E-state index contributed by atoms with van der Waals surface area (Å²) in [4.78, 5) is 20.3. The number of amides is 1. The van der Waals surface area contributed by atoms with E-state index in [0.717, 1.165) is 4.88 Å². The number of aromatic nitrogens is 2. The minimum absolute atomic E-state index is 0.207. The molecule has 0 aliphatic rings. The van der Waals surface area contributed by atoms with E-state index in [1.165, 1.54) is 30.1 Å². The third kappa shape index (κ3) is 3.13. The molecule has 0 saturated carbocycles. The molecule has 2 aromatic rings. The molecule has 3 N–H and O–H groups in total. The maximum Gasteiger partial charge on any atom is 0.256 e. The van der Waals surface area contributed by atoms with Crippen molar-refractivity contribution in [1.29, 1.82) is 0 Å². The highest BCUT2D eigenvalue weighted by atomic mass is 32.1. The van der Waals surface area contributed by atoms with E-state index in [2.05, 4.69) is 27.1 Å². The molecule has 0 saturated heterocycles. The first-order chi connectivity index (χ1) is 8.79. The highest BCUT2D eigenvalue weighted by Crippen LogP contribution is 2.15. The van der Waals surface area contributed by atoms with Crippen molar-refractivity contribution in [3.63, 3.8) is 0 Å². The molecule has 2 aromatic heterocycles. The number of rotatable bonds is 2. The molecule has 2 heterocycles. The molecular weight excluding hydrogens is 248 g/mol. The van der Waals surface area contributed by atoms with Crippen LogP contribution in [0.4, 0.5) is 5.69 Å². The molecule has 0 bridgehead atoms. The Bertz CT molecular complexity index is 597. The van der Waals surface area contributed by atoms with Crippen molar-refractivity contribution in [2.75, 3.05) is 11.9 Å². The van der Waals surface area contributed by atoms with Crippen LogP contribution in [0, 0.1) is 11.8 Å². The lowest BCUT2D eigenvalue weighted by molar-refractivity contribution is 0.102. The fraction of sp³-hybridized carbons (Fsp3) is 0.0833. The van der Waals surface area contributed by atoms with E-state index >= 15 is 0 Å². The van der Waals surface area contributed by atoms with Crippen molar-refractivity contribution in [2.24, 2.45) is 5.73 Å². The maximum atomic E-state index is 11.9. The first-order valence-corrected chi connectivity index (χ1v) is 6.01. The Labute approximate surface area is 108 Å². The first kappa shape index (κ1) is 12.2. The van der Waals surface area contributed by atoms with E-state index in [9.17, 15) is 4.79 Å². The van der Waals surface area contributed by atoms with Gasteiger partial charge in [0.1, 0.15) is 6.33 Å². The molecule has 0 aromatic carbocycles. The van der Waals surface area contributed by atoms with Crippen LogP contribution in [0.3, 0.4) is 0 Å². The normalized spacial score (nSPS) is 9.39. The lowest BCUT2D eigenvalue weighted by Crippen LogP contribution is -2.11. The topological polar surface area (TPSA) is 80.9 Å². The summed E-state index contributed by atoms with van der Waals surface area (Å²) >= 11 is 1.41. The summed E-state index contributed by atoms with van der Waals surface area (Å²) in [5, 5.41) is 4.45. The van der Waals surface area contributed by atoms with Crippen LogP contribution in [0.1, 0.15) is 15.2 Å². The molecule has 6 heteroatoms. The number of nitrogens with two attached hydrogens (primary N) is 1. The van der Waals surface area contributed by atoms with Crippen LogP contribution in [0.25, 0.3) is 0 Å². The summed E-state index contributed by atoms with van der Waals surface area (Å²) in [7, 11) is 0. The number of carbonyl (C=O) groups is 1. The van der Waals surface area contributed by atoms with Crippen molar-refractivity contribution in [3.05, 3.63) is 40.6 Å². The number of thiophene rings is 1. The summed E-state index contributed by atoms with van der Waals surface area (Å²) in [5.74, 6) is 5.42. The predicted molar refractivity (Wildman–Crippen MR) is 70.2 cm³/mol. The monoisotopic (exact) mass is 258 g/mol. The van der Waals surface area contributed by atoms with Crippen LogP contribution in [-0.4, -0.2) is 22.4 Å². The van der Waals surface area contributed by atoms with Crippen molar-refractivity contribution >= 4 is 22.9 Å². The number of nitrogens with zero attached hydrogens (tertiary/aromatic N) is 2. The van der Waals surface area contributed by atoms with Crippen LogP contribution in [0.15, 0.2) is 30.2 Å². The van der Waals surface area contributed by atoms with E-state index in [-0.39, 0.29) is 5.91 Å². The Morgan fingerprint density at radius 2 is 2.22 bits per heavy atom. The van der Waals surface area contributed by atoms with Gasteiger partial charge in [-0.05, 0) is 6.07 Å². The Kier molecular flexibility index (Phi) is 4.02. The van der Waals surface area contributed by atoms with Gasteiger partial charge < -0.3 is 11.1 Å². The highest BCUT2D eigenvalue weighted by Gasteiger charge is 2.08. The van der Waals surface area contributed by atoms with Crippen LogP contribution < -0.4 is 11.1 Å². The molecule has 0 atom stereocenters. The number of anilines is 1. The minimum Gasteiger partial charge on any atom is -0.320 e. The van der Waals surface area contributed by atoms with Crippen LogP contribution >= 0.6 is 11.3 Å². The second-order valence-corrected chi connectivity index (χ2v) is 4.20. The average molecular weight is 258 g/mol. The SMILES string of the molecule is NCC#Cc1cc(C(=O)Nc2cncnc2)cs1. The van der Waals surface area contributed by atoms with Gasteiger partial charge in [-0.15, -0.1) is 11.3 Å². The summed E-state index contributed by atoms with van der Waals surface area (Å²) in [6.45, 7) is 0.306. The van der Waals surface area contributed by atoms with Crippen LogP contribution in [-0.2, 0) is 0 Å². The largest absolute Gasteiger partial charge is 0.320 e. The molecule has 0 unspecified atom stereocenters. The minimum atomic E-state index is -0.207. The lowest BCUT2D eigenvalue weighted by atomic mass is 10.3. The zero-order chi connectivity index (χ0) is 12.8. The van der Waals surface area contributed by atoms with Gasteiger partial charge in [-0.25, -0.2) is 9.97 Å². The molecule has 2 rings (SSSR count). The van der Waals surface area contributed by atoms with E-state index in [4.69, 9.17) is 5.73 Å². The van der Waals surface area contributed by atoms with Crippen molar-refractivity contribution in [2.45, 2.75) is 0 Å². The highest BCUT2D eigenvalue weighted by molar-refractivity contribution is 7.10. The second kappa shape index (κ2) is 5.91. The third-order valence-electron chi connectivity index (χ3n) is 1.99. The van der Waals surface area contributed by atoms with Gasteiger partial charge in [0.15, 0.2) is 0 Å². The second-order valence-electron chi connectivity index (χ2n) is 3.29. The lowest BCUT2D eigenvalue weighted by Gasteiger charge is -2.00. The zero-order valence-corrected chi connectivity index (χ0v) is 10.2.